The van der Waals surface area contributed by atoms with Gasteiger partial charge in [0.15, 0.2) is 5.96 Å². The number of nitrogens with zero attached hydrogens (tertiary/aromatic N) is 3. The van der Waals surface area contributed by atoms with Gasteiger partial charge in [0.05, 0.1) is 0 Å². The van der Waals surface area contributed by atoms with Gasteiger partial charge in [0.25, 0.3) is 0 Å². The highest BCUT2D eigenvalue weighted by Crippen LogP contribution is 2.35. The Balaban J connectivity index is 1.86. The van der Waals surface area contributed by atoms with E-state index in [1.54, 1.807) is 0 Å². The van der Waals surface area contributed by atoms with Crippen LogP contribution in [-0.4, -0.2) is 63.1 Å². The van der Waals surface area contributed by atoms with Crippen LogP contribution in [0.1, 0.15) is 39.5 Å². The van der Waals surface area contributed by atoms with E-state index in [1.165, 1.54) is 38.8 Å². The Morgan fingerprint density at radius 1 is 1.19 bits per heavy atom. The summed E-state index contributed by atoms with van der Waals surface area (Å²) in [5, 5.41) is 3.62. The molecule has 2 unspecified atom stereocenters. The molecule has 0 bridgehead atoms. The summed E-state index contributed by atoms with van der Waals surface area (Å²) in [5.74, 6) is 2.93. The molecule has 1 heterocycles. The Labute approximate surface area is 131 Å². The zero-order valence-electron chi connectivity index (χ0n) is 14.7. The third kappa shape index (κ3) is 4.60. The number of hydrogen-bond acceptors (Lipinski definition) is 2. The summed E-state index contributed by atoms with van der Waals surface area (Å²) in [6, 6.07) is 0. The van der Waals surface area contributed by atoms with Crippen LogP contribution < -0.4 is 5.32 Å². The first-order valence-corrected chi connectivity index (χ1v) is 8.51. The van der Waals surface area contributed by atoms with Crippen LogP contribution in [0.5, 0.6) is 0 Å². The summed E-state index contributed by atoms with van der Waals surface area (Å²) in [7, 11) is 6.20. The summed E-state index contributed by atoms with van der Waals surface area (Å²) in [6.07, 6.45) is 5.70. The SMILES string of the molecule is CN=C(NCC(C)(C)CN(C)C)N1CC2CCCCC2C1. The fourth-order valence-corrected chi connectivity index (χ4v) is 4.14. The van der Waals surface area contributed by atoms with Gasteiger partial charge < -0.3 is 15.1 Å². The monoisotopic (exact) mass is 294 g/mol. The minimum absolute atomic E-state index is 0.256. The van der Waals surface area contributed by atoms with Gasteiger partial charge in [-0.2, -0.15) is 0 Å². The predicted molar refractivity (Wildman–Crippen MR) is 90.7 cm³/mol. The average Bonchev–Trinajstić information content (AvgIpc) is 2.81. The van der Waals surface area contributed by atoms with Crippen LogP contribution >= 0.6 is 0 Å². The minimum Gasteiger partial charge on any atom is -0.356 e. The van der Waals surface area contributed by atoms with Crippen molar-refractivity contribution in [3.05, 3.63) is 0 Å². The van der Waals surface area contributed by atoms with E-state index in [1.807, 2.05) is 7.05 Å². The number of guanidine groups is 1. The maximum Gasteiger partial charge on any atom is 0.193 e. The second-order valence-corrected chi connectivity index (χ2v) is 8.01. The van der Waals surface area contributed by atoms with Crippen molar-refractivity contribution in [2.75, 3.05) is 47.3 Å². The third-order valence-electron chi connectivity index (χ3n) is 4.96. The number of fused-ring (bicyclic) bond motifs is 1. The van der Waals surface area contributed by atoms with Crippen LogP contribution in [0, 0.1) is 17.3 Å². The molecule has 1 N–H and O–H groups in total. The van der Waals surface area contributed by atoms with E-state index in [4.69, 9.17) is 0 Å². The predicted octanol–water partition coefficient (Wildman–Crippen LogP) is 2.27. The van der Waals surface area contributed by atoms with Crippen LogP contribution in [0.2, 0.25) is 0 Å². The lowest BCUT2D eigenvalue weighted by Crippen LogP contribution is -2.46. The van der Waals surface area contributed by atoms with Crippen molar-refractivity contribution in [2.45, 2.75) is 39.5 Å². The van der Waals surface area contributed by atoms with E-state index in [0.717, 1.165) is 30.9 Å². The van der Waals surface area contributed by atoms with Crippen molar-refractivity contribution in [1.29, 1.82) is 0 Å². The van der Waals surface area contributed by atoms with Crippen molar-refractivity contribution in [3.63, 3.8) is 0 Å². The molecule has 0 aromatic heterocycles. The molecule has 2 atom stereocenters. The quantitative estimate of drug-likeness (QED) is 0.637. The molecule has 0 amide bonds. The van der Waals surface area contributed by atoms with Crippen molar-refractivity contribution in [3.8, 4) is 0 Å². The first-order valence-electron chi connectivity index (χ1n) is 8.51. The molecule has 0 spiro atoms. The average molecular weight is 294 g/mol. The summed E-state index contributed by atoms with van der Waals surface area (Å²) in [4.78, 5) is 9.28. The molecule has 0 aromatic rings. The van der Waals surface area contributed by atoms with Gasteiger partial charge in [-0.1, -0.05) is 26.7 Å². The van der Waals surface area contributed by atoms with Crippen LogP contribution in [0.4, 0.5) is 0 Å². The molecule has 2 rings (SSSR count). The van der Waals surface area contributed by atoms with E-state index in [-0.39, 0.29) is 5.41 Å². The molecular formula is C17H34N4. The van der Waals surface area contributed by atoms with E-state index in [9.17, 15) is 0 Å². The third-order valence-corrected chi connectivity index (χ3v) is 4.96. The highest BCUT2D eigenvalue weighted by molar-refractivity contribution is 5.80. The molecular weight excluding hydrogens is 260 g/mol. The summed E-state index contributed by atoms with van der Waals surface area (Å²) < 4.78 is 0. The van der Waals surface area contributed by atoms with Crippen LogP contribution in [-0.2, 0) is 0 Å². The highest BCUT2D eigenvalue weighted by Gasteiger charge is 2.35. The van der Waals surface area contributed by atoms with Gasteiger partial charge >= 0.3 is 0 Å². The van der Waals surface area contributed by atoms with E-state index in [2.05, 4.69) is 48.1 Å². The molecule has 2 fully saturated rings. The molecule has 0 radical (unpaired) electrons. The lowest BCUT2D eigenvalue weighted by atomic mass is 9.82. The number of hydrogen-bond donors (Lipinski definition) is 1. The molecule has 1 saturated carbocycles. The highest BCUT2D eigenvalue weighted by atomic mass is 15.3. The van der Waals surface area contributed by atoms with Crippen molar-refractivity contribution in [1.82, 2.24) is 15.1 Å². The fraction of sp³-hybridized carbons (Fsp3) is 0.941. The first-order chi connectivity index (χ1) is 9.91. The maximum absolute atomic E-state index is 4.53. The van der Waals surface area contributed by atoms with Gasteiger partial charge in [-0.05, 0) is 44.2 Å². The molecule has 2 aliphatic rings. The van der Waals surface area contributed by atoms with Crippen molar-refractivity contribution < 1.29 is 0 Å². The largest absolute Gasteiger partial charge is 0.356 e. The smallest absolute Gasteiger partial charge is 0.193 e. The molecule has 122 valence electrons. The number of aliphatic imine (C=N–C) groups is 1. The summed E-state index contributed by atoms with van der Waals surface area (Å²) in [5.41, 5.74) is 0.256. The lowest BCUT2D eigenvalue weighted by Gasteiger charge is -2.31. The summed E-state index contributed by atoms with van der Waals surface area (Å²) in [6.45, 7) is 9.11. The Hall–Kier alpha value is -0.770. The molecule has 4 nitrogen and oxygen atoms in total. The number of rotatable bonds is 4. The Morgan fingerprint density at radius 3 is 2.24 bits per heavy atom. The zero-order valence-corrected chi connectivity index (χ0v) is 14.7. The molecule has 4 heteroatoms. The topological polar surface area (TPSA) is 30.9 Å². The molecule has 21 heavy (non-hydrogen) atoms. The van der Waals surface area contributed by atoms with E-state index in [0.29, 0.717) is 0 Å². The van der Waals surface area contributed by atoms with E-state index < -0.39 is 0 Å². The second kappa shape index (κ2) is 6.99. The Bertz CT molecular complexity index is 348. The number of nitrogens with one attached hydrogen (secondary N) is 1. The summed E-state index contributed by atoms with van der Waals surface area (Å²) >= 11 is 0. The van der Waals surface area contributed by atoms with Crippen molar-refractivity contribution >= 4 is 5.96 Å². The van der Waals surface area contributed by atoms with Gasteiger partial charge in [0.1, 0.15) is 0 Å². The lowest BCUT2D eigenvalue weighted by molar-refractivity contribution is 0.239. The Morgan fingerprint density at radius 2 is 1.76 bits per heavy atom. The minimum atomic E-state index is 0.256. The van der Waals surface area contributed by atoms with Crippen LogP contribution in [0.15, 0.2) is 4.99 Å². The molecule has 0 aromatic carbocycles. The second-order valence-electron chi connectivity index (χ2n) is 8.01. The van der Waals surface area contributed by atoms with Gasteiger partial charge in [-0.25, -0.2) is 0 Å². The standard InChI is InChI=1S/C17H34N4/c1-17(2,13-20(4)5)12-19-16(18-3)21-10-14-8-6-7-9-15(14)11-21/h14-15H,6-13H2,1-5H3,(H,18,19). The first kappa shape index (κ1) is 16.6. The van der Waals surface area contributed by atoms with Gasteiger partial charge in [-0.3, -0.25) is 4.99 Å². The van der Waals surface area contributed by atoms with Gasteiger partial charge in [0, 0.05) is 33.2 Å². The number of likely N-dealkylation sites (tertiary alicyclic amines) is 1. The Kier molecular flexibility index (Phi) is 5.53. The molecule has 1 saturated heterocycles. The zero-order chi connectivity index (χ0) is 15.5. The van der Waals surface area contributed by atoms with Crippen molar-refractivity contribution in [2.24, 2.45) is 22.2 Å². The van der Waals surface area contributed by atoms with Crippen LogP contribution in [0.3, 0.4) is 0 Å². The van der Waals surface area contributed by atoms with Crippen LogP contribution in [0.25, 0.3) is 0 Å². The molecule has 1 aliphatic carbocycles. The molecule has 1 aliphatic heterocycles. The maximum atomic E-state index is 4.53. The van der Waals surface area contributed by atoms with Gasteiger partial charge in [0.2, 0.25) is 0 Å². The van der Waals surface area contributed by atoms with Gasteiger partial charge in [-0.15, -0.1) is 0 Å². The fourth-order valence-electron chi connectivity index (χ4n) is 4.14. The normalized spacial score (nSPS) is 27.1. The van der Waals surface area contributed by atoms with E-state index >= 15 is 0 Å².